The number of ketones is 1. The Labute approximate surface area is 239 Å². The molecular formula is C27H42O14. The first-order chi connectivity index (χ1) is 19.2. The predicted octanol–water partition coefficient (Wildman–Crippen LogP) is 0.769. The summed E-state index contributed by atoms with van der Waals surface area (Å²) in [5.41, 5.74) is 0. The van der Waals surface area contributed by atoms with E-state index in [4.69, 9.17) is 24.4 Å². The van der Waals surface area contributed by atoms with Crippen LogP contribution in [0.4, 0.5) is 0 Å². The second-order valence-electron chi connectivity index (χ2n) is 7.71. The zero-order chi connectivity index (χ0) is 32.2. The van der Waals surface area contributed by atoms with Gasteiger partial charge in [-0.25, -0.2) is 24.0 Å². The first-order valence-corrected chi connectivity index (χ1v) is 12.5. The van der Waals surface area contributed by atoms with Gasteiger partial charge in [-0.2, -0.15) is 0 Å². The maximum Gasteiger partial charge on any atom is 0.338 e. The number of aliphatic hydroxyl groups excluding tert-OH is 2. The highest BCUT2D eigenvalue weighted by Gasteiger charge is 2.13. The third kappa shape index (κ3) is 38.5. The number of rotatable bonds is 10. The second kappa shape index (κ2) is 27.8. The zero-order valence-corrected chi connectivity index (χ0v) is 24.5. The fraction of sp³-hybridized carbons (Fsp3) is 0.556. The molecule has 0 spiro atoms. The SMILES string of the molecule is CC(O)CO.CC1CO1.CCOC(=O)/C=C/C(=O)OCC.COC(C)COC(=O)/C=C/C(C)=O.O=C1C=CC(=O)O1. The minimum absolute atomic E-state index is 0.130. The molecule has 234 valence electrons. The molecule has 41 heavy (non-hydrogen) atoms. The molecule has 3 unspecified atom stereocenters. The standard InChI is InChI=1S/C9H14O4.C8H12O4.C4H2O3.C3H8O2.C3H6O/c1-7(10)4-5-9(11)13-6-8(2)12-3;1-3-11-7(9)5-6-8(10)12-4-2;5-3-1-2-4(6)7-3;1-3(5)2-4;1-3-2-4-3/h4-5,8H,6H2,1-3H3;5-6H,3-4H2,1-2H3;1-2H;3-5H,2H2,1H3;3H,2H2,1H3/b5-4+;6-5+;;;. The number of aliphatic hydroxyl groups is 2. The molecule has 2 heterocycles. The minimum atomic E-state index is -0.579. The van der Waals surface area contributed by atoms with Crippen LogP contribution >= 0.6 is 0 Å². The van der Waals surface area contributed by atoms with E-state index in [0.717, 1.165) is 37.0 Å². The molecule has 0 aliphatic carbocycles. The van der Waals surface area contributed by atoms with E-state index < -0.39 is 36.0 Å². The van der Waals surface area contributed by atoms with Gasteiger partial charge < -0.3 is 38.6 Å². The van der Waals surface area contributed by atoms with Gasteiger partial charge >= 0.3 is 29.8 Å². The van der Waals surface area contributed by atoms with E-state index in [0.29, 0.717) is 19.3 Å². The van der Waals surface area contributed by atoms with Crippen LogP contribution in [0.2, 0.25) is 0 Å². The van der Waals surface area contributed by atoms with Crippen molar-refractivity contribution in [2.75, 3.05) is 40.1 Å². The quantitative estimate of drug-likeness (QED) is 0.119. The highest BCUT2D eigenvalue weighted by Crippen LogP contribution is 2.04. The van der Waals surface area contributed by atoms with Crippen LogP contribution in [0, 0.1) is 0 Å². The Morgan fingerprint density at radius 3 is 1.54 bits per heavy atom. The minimum Gasteiger partial charge on any atom is -0.463 e. The Balaban J connectivity index is -0.000000469. The number of carbonyl (C=O) groups is 6. The average Bonchev–Trinajstić information content (AvgIpc) is 3.62. The average molecular weight is 591 g/mol. The van der Waals surface area contributed by atoms with E-state index in [9.17, 15) is 28.8 Å². The Hall–Kier alpha value is -3.72. The Bertz CT molecular complexity index is 833. The molecule has 2 aliphatic heterocycles. The van der Waals surface area contributed by atoms with Crippen molar-refractivity contribution in [3.05, 3.63) is 36.5 Å². The van der Waals surface area contributed by atoms with Crippen molar-refractivity contribution >= 4 is 35.6 Å². The Kier molecular flexibility index (Phi) is 28.3. The number of esters is 5. The van der Waals surface area contributed by atoms with Crippen LogP contribution in [0.1, 0.15) is 41.5 Å². The number of carbonyl (C=O) groups excluding carboxylic acids is 6. The van der Waals surface area contributed by atoms with Gasteiger partial charge in [-0.3, -0.25) is 4.79 Å². The number of methoxy groups -OCH3 is 1. The van der Waals surface area contributed by atoms with E-state index in [1.165, 1.54) is 27.0 Å². The number of hydrogen-bond donors (Lipinski definition) is 2. The molecule has 14 nitrogen and oxygen atoms in total. The van der Waals surface area contributed by atoms with Crippen LogP contribution in [0.15, 0.2) is 36.5 Å². The third-order valence-electron chi connectivity index (χ3n) is 3.57. The van der Waals surface area contributed by atoms with Crippen LogP contribution < -0.4 is 0 Å². The molecule has 0 bridgehead atoms. The lowest BCUT2D eigenvalue weighted by molar-refractivity contribution is -0.150. The van der Waals surface area contributed by atoms with Gasteiger partial charge in [0.15, 0.2) is 5.78 Å². The summed E-state index contributed by atoms with van der Waals surface area (Å²) in [6, 6.07) is 0. The maximum atomic E-state index is 10.9. The molecule has 0 radical (unpaired) electrons. The van der Waals surface area contributed by atoms with Crippen molar-refractivity contribution in [2.45, 2.75) is 59.9 Å². The smallest absolute Gasteiger partial charge is 0.338 e. The lowest BCUT2D eigenvalue weighted by Gasteiger charge is -2.07. The first-order valence-electron chi connectivity index (χ1n) is 12.5. The lowest BCUT2D eigenvalue weighted by Crippen LogP contribution is -2.16. The fourth-order valence-corrected chi connectivity index (χ4v) is 1.42. The van der Waals surface area contributed by atoms with Gasteiger partial charge in [-0.1, -0.05) is 0 Å². The lowest BCUT2D eigenvalue weighted by atomic mass is 10.4. The van der Waals surface area contributed by atoms with Gasteiger partial charge in [0.1, 0.15) is 6.61 Å². The van der Waals surface area contributed by atoms with Crippen LogP contribution in [-0.4, -0.2) is 104 Å². The molecule has 1 saturated heterocycles. The summed E-state index contributed by atoms with van der Waals surface area (Å²) >= 11 is 0. The molecule has 1 fully saturated rings. The van der Waals surface area contributed by atoms with Crippen LogP contribution in [0.5, 0.6) is 0 Å². The van der Waals surface area contributed by atoms with Gasteiger partial charge in [0.2, 0.25) is 0 Å². The van der Waals surface area contributed by atoms with Gasteiger partial charge in [0.25, 0.3) is 0 Å². The van der Waals surface area contributed by atoms with Crippen molar-refractivity contribution in [1.82, 2.24) is 0 Å². The summed E-state index contributed by atoms with van der Waals surface area (Å²) in [7, 11) is 1.53. The molecule has 3 atom stereocenters. The zero-order valence-electron chi connectivity index (χ0n) is 24.5. The summed E-state index contributed by atoms with van der Waals surface area (Å²) in [6.07, 6.45) is 6.42. The monoisotopic (exact) mass is 590 g/mol. The third-order valence-corrected chi connectivity index (χ3v) is 3.57. The largest absolute Gasteiger partial charge is 0.463 e. The number of allylic oxidation sites excluding steroid dienone is 1. The highest BCUT2D eigenvalue weighted by atomic mass is 16.6. The number of cyclic esters (lactones) is 2. The predicted molar refractivity (Wildman–Crippen MR) is 144 cm³/mol. The molecule has 0 aromatic rings. The first kappa shape index (κ1) is 41.8. The van der Waals surface area contributed by atoms with Crippen LogP contribution in [-0.2, 0) is 57.2 Å². The van der Waals surface area contributed by atoms with E-state index in [1.54, 1.807) is 20.8 Å². The molecule has 2 rings (SSSR count). The van der Waals surface area contributed by atoms with E-state index in [2.05, 4.69) is 21.1 Å². The molecule has 0 aromatic carbocycles. The summed E-state index contributed by atoms with van der Waals surface area (Å²) in [4.78, 5) is 62.4. The van der Waals surface area contributed by atoms with E-state index >= 15 is 0 Å². The van der Waals surface area contributed by atoms with Crippen LogP contribution in [0.3, 0.4) is 0 Å². The van der Waals surface area contributed by atoms with Crippen molar-refractivity contribution in [3.8, 4) is 0 Å². The Morgan fingerprint density at radius 2 is 1.29 bits per heavy atom. The molecule has 0 amide bonds. The number of ether oxygens (including phenoxy) is 6. The normalized spacial score (nSPS) is 15.7. The summed E-state index contributed by atoms with van der Waals surface area (Å²) in [5.74, 6) is -2.94. The van der Waals surface area contributed by atoms with Crippen molar-refractivity contribution < 1.29 is 67.4 Å². The van der Waals surface area contributed by atoms with Crippen LogP contribution in [0.25, 0.3) is 0 Å². The van der Waals surface area contributed by atoms with Crippen molar-refractivity contribution in [2.24, 2.45) is 0 Å². The topological polar surface area (TPSA) is 202 Å². The number of epoxide rings is 1. The van der Waals surface area contributed by atoms with Gasteiger partial charge in [-0.15, -0.1) is 0 Å². The molecule has 0 saturated carbocycles. The summed E-state index contributed by atoms with van der Waals surface area (Å²) < 4.78 is 27.4. The van der Waals surface area contributed by atoms with E-state index in [-0.39, 0.29) is 25.1 Å². The van der Waals surface area contributed by atoms with Gasteiger partial charge in [-0.05, 0) is 47.6 Å². The number of hydrogen-bond acceptors (Lipinski definition) is 14. The second-order valence-corrected chi connectivity index (χ2v) is 7.71. The van der Waals surface area contributed by atoms with Gasteiger partial charge in [0, 0.05) is 37.5 Å². The van der Waals surface area contributed by atoms with E-state index in [1.807, 2.05) is 0 Å². The molecule has 2 aliphatic rings. The highest BCUT2D eigenvalue weighted by molar-refractivity contribution is 6.04. The Morgan fingerprint density at radius 1 is 0.927 bits per heavy atom. The van der Waals surface area contributed by atoms with Gasteiger partial charge in [0.05, 0.1) is 44.7 Å². The molecule has 14 heteroatoms. The molecule has 0 aromatic heterocycles. The van der Waals surface area contributed by atoms with Crippen molar-refractivity contribution in [3.63, 3.8) is 0 Å². The fourth-order valence-electron chi connectivity index (χ4n) is 1.42. The summed E-state index contributed by atoms with van der Waals surface area (Å²) in [5, 5.41) is 16.0. The van der Waals surface area contributed by atoms with Crippen molar-refractivity contribution in [1.29, 1.82) is 0 Å². The molecular weight excluding hydrogens is 548 g/mol. The summed E-state index contributed by atoms with van der Waals surface area (Å²) in [6.45, 7) is 11.7. The maximum absolute atomic E-state index is 10.9. The molecule has 2 N–H and O–H groups in total.